The van der Waals surface area contributed by atoms with Gasteiger partial charge in [0.15, 0.2) is 5.78 Å². The molecule has 0 N–H and O–H groups in total. The molecule has 0 aliphatic carbocycles. The second kappa shape index (κ2) is 8.30. The van der Waals surface area contributed by atoms with Gasteiger partial charge in [-0.1, -0.05) is 95.5 Å². The maximum absolute atomic E-state index is 13.0. The van der Waals surface area contributed by atoms with E-state index < -0.39 is 9.70 Å². The van der Waals surface area contributed by atoms with E-state index in [1.165, 1.54) is 4.90 Å². The van der Waals surface area contributed by atoms with Gasteiger partial charge in [0.1, 0.15) is 0 Å². The van der Waals surface area contributed by atoms with Crippen LogP contribution in [-0.4, -0.2) is 33.5 Å². The highest BCUT2D eigenvalue weighted by atomic mass is 35.6. The Morgan fingerprint density at radius 2 is 1.22 bits per heavy atom. The number of halogens is 3. The molecule has 2 aromatic rings. The zero-order chi connectivity index (χ0) is 19.4. The highest BCUT2D eigenvalue weighted by Crippen LogP contribution is 2.31. The molecule has 2 aromatic carbocycles. The van der Waals surface area contributed by atoms with Crippen molar-refractivity contribution in [2.24, 2.45) is 0 Å². The molecule has 0 bridgehead atoms. The van der Waals surface area contributed by atoms with Crippen LogP contribution in [0, 0.1) is 0 Å². The van der Waals surface area contributed by atoms with E-state index in [9.17, 15) is 9.59 Å². The number of benzene rings is 2. The van der Waals surface area contributed by atoms with Crippen LogP contribution in [0.2, 0.25) is 0 Å². The molecule has 0 spiro atoms. The third-order valence-electron chi connectivity index (χ3n) is 4.12. The van der Waals surface area contributed by atoms with Crippen LogP contribution < -0.4 is 0 Å². The van der Waals surface area contributed by atoms with Crippen LogP contribution in [-0.2, 0) is 9.59 Å². The van der Waals surface area contributed by atoms with Gasteiger partial charge in [-0.25, -0.2) is 0 Å². The van der Waals surface area contributed by atoms with E-state index in [2.05, 4.69) is 0 Å². The van der Waals surface area contributed by atoms with E-state index in [1.54, 1.807) is 12.2 Å². The number of rotatable bonds is 2. The third-order valence-corrected chi connectivity index (χ3v) is 4.60. The normalized spacial score (nSPS) is 18.2. The summed E-state index contributed by atoms with van der Waals surface area (Å²) in [5, 5.41) is 0. The van der Waals surface area contributed by atoms with Crippen molar-refractivity contribution in [1.29, 1.82) is 0 Å². The topological polar surface area (TPSA) is 37.4 Å². The summed E-state index contributed by atoms with van der Waals surface area (Å²) >= 11 is 17.4. The maximum Gasteiger partial charge on any atom is 0.275 e. The Bertz CT molecular complexity index is 839. The summed E-state index contributed by atoms with van der Waals surface area (Å²) in [7, 11) is 0. The lowest BCUT2D eigenvalue weighted by atomic mass is 9.94. The van der Waals surface area contributed by atoms with Crippen LogP contribution in [0.15, 0.2) is 71.8 Å². The van der Waals surface area contributed by atoms with Crippen molar-refractivity contribution in [3.8, 4) is 0 Å². The van der Waals surface area contributed by atoms with Crippen LogP contribution >= 0.6 is 34.8 Å². The first-order chi connectivity index (χ1) is 12.8. The Hall–Kier alpha value is -2.07. The van der Waals surface area contributed by atoms with Crippen molar-refractivity contribution in [2.45, 2.75) is 3.79 Å². The molecule has 0 atom stereocenters. The first kappa shape index (κ1) is 19.7. The molecule has 1 heterocycles. The summed E-state index contributed by atoms with van der Waals surface area (Å²) in [6.07, 6.45) is 3.53. The molecule has 1 fully saturated rings. The first-order valence-electron chi connectivity index (χ1n) is 8.26. The predicted molar refractivity (Wildman–Crippen MR) is 111 cm³/mol. The van der Waals surface area contributed by atoms with Gasteiger partial charge < -0.3 is 4.90 Å². The largest absolute Gasteiger partial charge is 0.330 e. The van der Waals surface area contributed by atoms with E-state index in [-0.39, 0.29) is 18.9 Å². The van der Waals surface area contributed by atoms with Crippen LogP contribution in [0.3, 0.4) is 0 Å². The van der Waals surface area contributed by atoms with Gasteiger partial charge in [0.25, 0.3) is 9.70 Å². The van der Waals surface area contributed by atoms with Gasteiger partial charge in [-0.05, 0) is 23.3 Å². The molecule has 1 amide bonds. The van der Waals surface area contributed by atoms with Gasteiger partial charge in [-0.3, -0.25) is 9.59 Å². The molecule has 1 aliphatic rings. The van der Waals surface area contributed by atoms with Crippen LogP contribution in [0.4, 0.5) is 0 Å². The van der Waals surface area contributed by atoms with Crippen LogP contribution in [0.25, 0.3) is 12.2 Å². The average molecular weight is 421 g/mol. The Balaban J connectivity index is 2.00. The number of nitrogens with zero attached hydrogens (tertiary/aromatic N) is 1. The molecule has 0 aromatic heterocycles. The summed E-state index contributed by atoms with van der Waals surface area (Å²) < 4.78 is -2.07. The van der Waals surface area contributed by atoms with Crippen molar-refractivity contribution < 1.29 is 9.59 Å². The molecule has 27 heavy (non-hydrogen) atoms. The van der Waals surface area contributed by atoms with Gasteiger partial charge in [-0.2, -0.15) is 0 Å². The van der Waals surface area contributed by atoms with Crippen molar-refractivity contribution in [3.05, 3.63) is 82.9 Å². The third kappa shape index (κ3) is 5.01. The Labute approximate surface area is 172 Å². The molecule has 3 rings (SSSR count). The number of likely N-dealkylation sites (tertiary alicyclic amines) is 1. The van der Waals surface area contributed by atoms with E-state index in [0.29, 0.717) is 11.1 Å². The molecule has 0 saturated carbocycles. The second-order valence-corrected chi connectivity index (χ2v) is 8.43. The smallest absolute Gasteiger partial charge is 0.275 e. The van der Waals surface area contributed by atoms with Gasteiger partial charge in [0.2, 0.25) is 0 Å². The summed E-state index contributed by atoms with van der Waals surface area (Å²) in [6.45, 7) is 0.180. The molecule has 1 aliphatic heterocycles. The minimum absolute atomic E-state index is 0.0899. The fourth-order valence-electron chi connectivity index (χ4n) is 2.86. The number of ketones is 1. The van der Waals surface area contributed by atoms with Gasteiger partial charge in [0.05, 0.1) is 13.1 Å². The van der Waals surface area contributed by atoms with E-state index >= 15 is 0 Å². The van der Waals surface area contributed by atoms with E-state index in [0.717, 1.165) is 11.1 Å². The van der Waals surface area contributed by atoms with Crippen LogP contribution in [0.5, 0.6) is 0 Å². The number of hydrogen-bond acceptors (Lipinski definition) is 2. The zero-order valence-corrected chi connectivity index (χ0v) is 16.5. The number of carbonyl (C=O) groups is 2. The Morgan fingerprint density at radius 3 is 1.59 bits per heavy atom. The van der Waals surface area contributed by atoms with Crippen LogP contribution in [0.1, 0.15) is 11.1 Å². The molecule has 3 nitrogen and oxygen atoms in total. The summed E-state index contributed by atoms with van der Waals surface area (Å²) in [5.41, 5.74) is 2.67. The average Bonchev–Trinajstić information content (AvgIpc) is 2.65. The van der Waals surface area contributed by atoms with E-state index in [4.69, 9.17) is 34.8 Å². The number of carbonyl (C=O) groups excluding carboxylic acids is 2. The molecule has 6 heteroatoms. The monoisotopic (exact) mass is 419 g/mol. The highest BCUT2D eigenvalue weighted by Gasteiger charge is 2.39. The highest BCUT2D eigenvalue weighted by molar-refractivity contribution is 6.76. The van der Waals surface area contributed by atoms with Crippen molar-refractivity contribution in [3.63, 3.8) is 0 Å². The van der Waals surface area contributed by atoms with Crippen molar-refractivity contribution in [2.75, 3.05) is 13.1 Å². The number of amides is 1. The summed E-state index contributed by atoms with van der Waals surface area (Å²) in [4.78, 5) is 26.9. The lowest BCUT2D eigenvalue weighted by molar-refractivity contribution is -0.130. The fourth-order valence-corrected chi connectivity index (χ4v) is 3.22. The molecular formula is C21H16Cl3NO2. The first-order valence-corrected chi connectivity index (χ1v) is 9.40. The summed E-state index contributed by atoms with van der Waals surface area (Å²) in [6, 6.07) is 18.8. The van der Waals surface area contributed by atoms with E-state index in [1.807, 2.05) is 60.7 Å². The zero-order valence-electron chi connectivity index (χ0n) is 14.2. The molecule has 0 radical (unpaired) electrons. The van der Waals surface area contributed by atoms with Crippen molar-refractivity contribution >= 4 is 58.6 Å². The lowest BCUT2D eigenvalue weighted by Gasteiger charge is -2.32. The molecular weight excluding hydrogens is 405 g/mol. The molecule has 0 unspecified atom stereocenters. The molecule has 1 saturated heterocycles. The Morgan fingerprint density at radius 1 is 0.815 bits per heavy atom. The van der Waals surface area contributed by atoms with Gasteiger partial charge in [-0.15, -0.1) is 0 Å². The molecule has 138 valence electrons. The second-order valence-electron chi connectivity index (χ2n) is 6.15. The number of alkyl halides is 3. The number of Topliss-reactive ketones (excluding diaryl/α,β-unsaturated/α-hetero) is 1. The lowest BCUT2D eigenvalue weighted by Crippen LogP contribution is -2.46. The Kier molecular flexibility index (Phi) is 6.05. The predicted octanol–water partition coefficient (Wildman–Crippen LogP) is 4.94. The number of hydrogen-bond donors (Lipinski definition) is 0. The standard InChI is InChI=1S/C21H16Cl3NO2/c22-21(23,24)20(27)25-13-17(11-15-7-3-1-4-8-15)19(26)18(14-25)12-16-9-5-2-6-10-16/h1-12H,13-14H2/b17-11-,18-12-. The van der Waals surface area contributed by atoms with Crippen molar-refractivity contribution in [1.82, 2.24) is 4.90 Å². The number of piperidine rings is 1. The maximum atomic E-state index is 13.0. The summed E-state index contributed by atoms with van der Waals surface area (Å²) in [5.74, 6) is -0.769. The quantitative estimate of drug-likeness (QED) is 0.510. The SMILES string of the molecule is O=C1/C(=C\c2ccccc2)CN(C(=O)C(Cl)(Cl)Cl)C/C1=C/c1ccccc1. The van der Waals surface area contributed by atoms with Gasteiger partial charge in [0, 0.05) is 11.1 Å². The fraction of sp³-hybridized carbons (Fsp3) is 0.143. The minimum Gasteiger partial charge on any atom is -0.330 e. The minimum atomic E-state index is -2.07. The van der Waals surface area contributed by atoms with Gasteiger partial charge >= 0.3 is 0 Å².